The van der Waals surface area contributed by atoms with E-state index in [1.807, 2.05) is 18.4 Å². The van der Waals surface area contributed by atoms with Gasteiger partial charge in [0.25, 0.3) is 5.91 Å². The Balaban J connectivity index is 1.80. The predicted octanol–water partition coefficient (Wildman–Crippen LogP) is 2.15. The molecule has 150 valence electrons. The second kappa shape index (κ2) is 8.37. The number of aromatic carboxylic acids is 1. The summed E-state index contributed by atoms with van der Waals surface area (Å²) in [4.78, 5) is 36.4. The Bertz CT molecular complexity index is 925. The fraction of sp³-hybridized carbons (Fsp3) is 0.526. The minimum Gasteiger partial charge on any atom is -0.477 e. The normalized spacial score (nSPS) is 15.0. The van der Waals surface area contributed by atoms with Gasteiger partial charge in [0.1, 0.15) is 17.5 Å². The number of hydrogen-bond acceptors (Lipinski definition) is 5. The number of hydrogen-bond donors (Lipinski definition) is 2. The average Bonchev–Trinajstić information content (AvgIpc) is 3.15. The van der Waals surface area contributed by atoms with Gasteiger partial charge in [-0.2, -0.15) is 0 Å². The maximum atomic E-state index is 12.6. The van der Waals surface area contributed by atoms with Gasteiger partial charge in [0.15, 0.2) is 5.82 Å². The van der Waals surface area contributed by atoms with E-state index < -0.39 is 22.9 Å². The molecule has 0 unspecified atom stereocenters. The zero-order chi connectivity index (χ0) is 20.3. The molecule has 1 fully saturated rings. The molecule has 2 aromatic heterocycles. The second-order valence-corrected chi connectivity index (χ2v) is 7.39. The molecule has 3 rings (SSSR count). The molecule has 0 spiro atoms. The van der Waals surface area contributed by atoms with Crippen molar-refractivity contribution in [2.75, 3.05) is 0 Å². The van der Waals surface area contributed by atoms with Crippen molar-refractivity contribution < 1.29 is 14.7 Å². The number of amides is 1. The van der Waals surface area contributed by atoms with E-state index in [9.17, 15) is 19.5 Å². The van der Waals surface area contributed by atoms with Crippen LogP contribution in [0, 0.1) is 0 Å². The lowest BCUT2D eigenvalue weighted by Gasteiger charge is -2.24. The number of nitrogens with zero attached hydrogens (tertiary/aromatic N) is 4. The van der Waals surface area contributed by atoms with Gasteiger partial charge < -0.3 is 19.6 Å². The highest BCUT2D eigenvalue weighted by molar-refractivity contribution is 5.96. The fourth-order valence-corrected chi connectivity index (χ4v) is 3.52. The third kappa shape index (κ3) is 4.13. The zero-order valence-electron chi connectivity index (χ0n) is 16.1. The summed E-state index contributed by atoms with van der Waals surface area (Å²) in [6.07, 6.45) is 9.97. The molecule has 1 saturated carbocycles. The second-order valence-electron chi connectivity index (χ2n) is 7.39. The van der Waals surface area contributed by atoms with E-state index in [4.69, 9.17) is 0 Å². The van der Waals surface area contributed by atoms with Crippen LogP contribution in [0.15, 0.2) is 23.5 Å². The largest absolute Gasteiger partial charge is 0.477 e. The molecule has 2 N–H and O–H groups in total. The number of aromatic nitrogens is 4. The monoisotopic (exact) mass is 387 g/mol. The molecule has 9 heteroatoms. The third-order valence-corrected chi connectivity index (χ3v) is 5.14. The van der Waals surface area contributed by atoms with Crippen LogP contribution in [0.3, 0.4) is 0 Å². The molecule has 2 aromatic rings. The van der Waals surface area contributed by atoms with E-state index >= 15 is 0 Å². The number of carboxylic acids is 1. The summed E-state index contributed by atoms with van der Waals surface area (Å²) in [6.45, 7) is 3.79. The van der Waals surface area contributed by atoms with Gasteiger partial charge >= 0.3 is 5.97 Å². The lowest BCUT2D eigenvalue weighted by atomic mass is 9.95. The third-order valence-electron chi connectivity index (χ3n) is 5.14. The van der Waals surface area contributed by atoms with E-state index in [0.717, 1.165) is 25.7 Å². The highest BCUT2D eigenvalue weighted by atomic mass is 16.4. The first-order valence-electron chi connectivity index (χ1n) is 9.54. The van der Waals surface area contributed by atoms with Crippen LogP contribution in [0.4, 0.5) is 0 Å². The van der Waals surface area contributed by atoms with Gasteiger partial charge in [-0.3, -0.25) is 9.59 Å². The molecule has 1 aliphatic rings. The van der Waals surface area contributed by atoms with Gasteiger partial charge in [0.05, 0.1) is 6.54 Å². The first kappa shape index (κ1) is 19.8. The Labute approximate surface area is 162 Å². The van der Waals surface area contributed by atoms with Crippen molar-refractivity contribution >= 4 is 11.9 Å². The summed E-state index contributed by atoms with van der Waals surface area (Å²) in [5.74, 6) is -1.36. The Morgan fingerprint density at radius 1 is 1.21 bits per heavy atom. The minimum absolute atomic E-state index is 0.0975. The maximum absolute atomic E-state index is 12.6. The zero-order valence-corrected chi connectivity index (χ0v) is 16.1. The van der Waals surface area contributed by atoms with Crippen LogP contribution in [0.5, 0.6) is 0 Å². The van der Waals surface area contributed by atoms with Crippen molar-refractivity contribution in [3.63, 3.8) is 0 Å². The van der Waals surface area contributed by atoms with E-state index in [1.54, 1.807) is 10.9 Å². The van der Waals surface area contributed by atoms with E-state index in [-0.39, 0.29) is 18.2 Å². The number of rotatable bonds is 6. The Hall–Kier alpha value is -2.97. The van der Waals surface area contributed by atoms with E-state index in [0.29, 0.717) is 11.9 Å². The molecule has 1 amide bonds. The number of nitrogens with one attached hydrogen (secondary N) is 1. The van der Waals surface area contributed by atoms with Crippen molar-refractivity contribution in [1.29, 1.82) is 0 Å². The molecule has 0 radical (unpaired) electrons. The summed E-state index contributed by atoms with van der Waals surface area (Å²) in [6, 6.07) is 0.226. The molecule has 28 heavy (non-hydrogen) atoms. The molecule has 0 saturated heterocycles. The first-order chi connectivity index (χ1) is 13.4. The summed E-state index contributed by atoms with van der Waals surface area (Å²) in [7, 11) is 0. The Morgan fingerprint density at radius 3 is 2.54 bits per heavy atom. The van der Waals surface area contributed by atoms with Crippen LogP contribution in [-0.4, -0.2) is 36.3 Å². The summed E-state index contributed by atoms with van der Waals surface area (Å²) >= 11 is 0. The molecular weight excluding hydrogens is 362 g/mol. The van der Waals surface area contributed by atoms with Gasteiger partial charge in [0.2, 0.25) is 5.43 Å². The van der Waals surface area contributed by atoms with E-state index in [1.165, 1.54) is 18.8 Å². The molecule has 0 aromatic carbocycles. The first-order valence-corrected chi connectivity index (χ1v) is 9.54. The number of pyridine rings is 1. The van der Waals surface area contributed by atoms with Crippen molar-refractivity contribution in [2.45, 2.75) is 64.6 Å². The standard InChI is InChI=1S/C19H25N5O4/c1-12(2)23-9-14(17(25)15(10-23)19(27)28)18(26)20-8-16-22-21-11-24(16)13-6-4-3-5-7-13/h9-13H,3-8H2,1-2H3,(H,20,26)(H,27,28). The molecule has 9 nitrogen and oxygen atoms in total. The van der Waals surface area contributed by atoms with Gasteiger partial charge in [-0.15, -0.1) is 10.2 Å². The van der Waals surface area contributed by atoms with Crippen molar-refractivity contribution in [3.8, 4) is 0 Å². The molecule has 0 aliphatic heterocycles. The van der Waals surface area contributed by atoms with Crippen molar-refractivity contribution in [1.82, 2.24) is 24.6 Å². The molecule has 2 heterocycles. The van der Waals surface area contributed by atoms with Crippen LogP contribution >= 0.6 is 0 Å². The fourth-order valence-electron chi connectivity index (χ4n) is 3.52. The van der Waals surface area contributed by atoms with Gasteiger partial charge in [-0.25, -0.2) is 4.79 Å². The Morgan fingerprint density at radius 2 is 1.89 bits per heavy atom. The van der Waals surface area contributed by atoms with Crippen molar-refractivity contribution in [2.24, 2.45) is 0 Å². The molecule has 1 aliphatic carbocycles. The molecular formula is C19H25N5O4. The van der Waals surface area contributed by atoms with Crippen LogP contribution in [0.2, 0.25) is 0 Å². The lowest BCUT2D eigenvalue weighted by molar-refractivity contribution is 0.0694. The van der Waals surface area contributed by atoms with Gasteiger partial charge in [0, 0.05) is 24.5 Å². The maximum Gasteiger partial charge on any atom is 0.341 e. The van der Waals surface area contributed by atoms with Crippen LogP contribution in [-0.2, 0) is 6.54 Å². The van der Waals surface area contributed by atoms with Crippen molar-refractivity contribution in [3.05, 3.63) is 45.9 Å². The highest BCUT2D eigenvalue weighted by Crippen LogP contribution is 2.28. The van der Waals surface area contributed by atoms with E-state index in [2.05, 4.69) is 15.5 Å². The summed E-state index contributed by atoms with van der Waals surface area (Å²) in [5, 5.41) is 20.0. The van der Waals surface area contributed by atoms with Crippen LogP contribution < -0.4 is 10.7 Å². The highest BCUT2D eigenvalue weighted by Gasteiger charge is 2.21. The lowest BCUT2D eigenvalue weighted by Crippen LogP contribution is -2.33. The predicted molar refractivity (Wildman–Crippen MR) is 101 cm³/mol. The average molecular weight is 387 g/mol. The SMILES string of the molecule is CC(C)n1cc(C(=O)O)c(=O)c(C(=O)NCc2nncn2C2CCCCC2)c1. The van der Waals surface area contributed by atoms with Gasteiger partial charge in [-0.1, -0.05) is 19.3 Å². The number of carbonyl (C=O) groups is 2. The number of carboxylic acid groups (broad SMARTS) is 1. The molecule has 0 atom stereocenters. The number of carbonyl (C=O) groups excluding carboxylic acids is 1. The van der Waals surface area contributed by atoms with Crippen LogP contribution in [0.25, 0.3) is 0 Å². The molecule has 0 bridgehead atoms. The van der Waals surface area contributed by atoms with Gasteiger partial charge in [-0.05, 0) is 26.7 Å². The quantitative estimate of drug-likeness (QED) is 0.784. The minimum atomic E-state index is -1.36. The Kier molecular flexibility index (Phi) is 5.91. The summed E-state index contributed by atoms with van der Waals surface area (Å²) in [5.41, 5.74) is -1.42. The summed E-state index contributed by atoms with van der Waals surface area (Å²) < 4.78 is 3.53. The smallest absolute Gasteiger partial charge is 0.341 e. The van der Waals surface area contributed by atoms with Crippen LogP contribution in [0.1, 0.15) is 84.6 Å². The topological polar surface area (TPSA) is 119 Å².